The molecule has 3 atom stereocenters. The Morgan fingerprint density at radius 3 is 2.29 bits per heavy atom. The number of urea groups is 1. The monoisotopic (exact) mass is 414 g/mol. The van der Waals surface area contributed by atoms with Crippen molar-refractivity contribution >= 4 is 34.3 Å². The molecule has 0 radical (unpaired) electrons. The number of aliphatic hydroxyl groups excluding tert-OH is 4. The van der Waals surface area contributed by atoms with Crippen LogP contribution in [0.4, 0.5) is 4.79 Å². The first-order valence-electron chi connectivity index (χ1n) is 7.78. The Morgan fingerprint density at radius 1 is 1.11 bits per heavy atom. The summed E-state index contributed by atoms with van der Waals surface area (Å²) in [6, 6.07) is 4.56. The zero-order valence-corrected chi connectivity index (χ0v) is 15.0. The summed E-state index contributed by atoms with van der Waals surface area (Å²) in [4.78, 5) is 24.1. The van der Waals surface area contributed by atoms with Gasteiger partial charge in [-0.05, 0) is 23.8 Å². The molecular weight excluding hydrogens is 396 g/mol. The highest BCUT2D eigenvalue weighted by Gasteiger charge is 2.24. The summed E-state index contributed by atoms with van der Waals surface area (Å²) in [5, 5.41) is 44.4. The zero-order chi connectivity index (χ0) is 20.9. The maximum Gasteiger partial charge on any atom is 0.326 e. The summed E-state index contributed by atoms with van der Waals surface area (Å²) in [6.07, 6.45) is -3.08. The number of benzene rings is 1. The number of aliphatic hydroxyl groups is 4. The number of carbonyl (C=O) groups excluding carboxylic acids is 2. The highest BCUT2D eigenvalue weighted by atomic mass is 32.2. The summed E-state index contributed by atoms with van der Waals surface area (Å²) in [6.45, 7) is -0.800. The minimum Gasteiger partial charge on any atom is -0.394 e. The molecule has 1 aromatic rings. The van der Waals surface area contributed by atoms with Crippen molar-refractivity contribution in [3.05, 3.63) is 35.5 Å². The van der Waals surface area contributed by atoms with Crippen LogP contribution in [0, 0.1) is 0 Å². The normalized spacial score (nSPS) is 19.4. The summed E-state index contributed by atoms with van der Waals surface area (Å²) in [7, 11) is -4.09. The van der Waals surface area contributed by atoms with Gasteiger partial charge in [0.25, 0.3) is 15.9 Å². The van der Waals surface area contributed by atoms with E-state index >= 15 is 0 Å². The molecule has 13 heteroatoms. The van der Waals surface area contributed by atoms with Crippen molar-refractivity contribution in [2.45, 2.75) is 23.2 Å². The molecule has 0 saturated carbocycles. The number of sulfonamides is 1. The first-order valence-corrected chi connectivity index (χ1v) is 9.26. The minimum absolute atomic E-state index is 0.0148. The van der Waals surface area contributed by atoms with Crippen LogP contribution < -0.4 is 15.5 Å². The average molecular weight is 414 g/mol. The van der Waals surface area contributed by atoms with Gasteiger partial charge in [-0.1, -0.05) is 12.1 Å². The third-order valence-corrected chi connectivity index (χ3v) is 4.79. The number of amides is 3. The second-order valence-corrected chi connectivity index (χ2v) is 7.30. The van der Waals surface area contributed by atoms with Gasteiger partial charge in [-0.25, -0.2) is 9.63 Å². The molecule has 0 unspecified atom stereocenters. The maximum atomic E-state index is 12.1. The summed E-state index contributed by atoms with van der Waals surface area (Å²) in [5.74, 6) is -0.607. The van der Waals surface area contributed by atoms with Gasteiger partial charge < -0.3 is 25.7 Å². The lowest BCUT2D eigenvalue weighted by Gasteiger charge is -2.18. The molecule has 1 aliphatic heterocycles. The topological polar surface area (TPSA) is 198 Å². The minimum atomic E-state index is -4.09. The Labute approximate surface area is 159 Å². The van der Waals surface area contributed by atoms with E-state index in [-0.39, 0.29) is 10.6 Å². The molecular formula is C15H18N4O8S. The lowest BCUT2D eigenvalue weighted by molar-refractivity contribution is -0.115. The third-order valence-electron chi connectivity index (χ3n) is 3.55. The van der Waals surface area contributed by atoms with E-state index in [2.05, 4.69) is 10.4 Å². The van der Waals surface area contributed by atoms with Crippen molar-refractivity contribution in [2.24, 2.45) is 5.10 Å². The number of rotatable bonds is 8. The largest absolute Gasteiger partial charge is 0.394 e. The van der Waals surface area contributed by atoms with Gasteiger partial charge in [0, 0.05) is 0 Å². The number of nitrogens with zero attached hydrogens (tertiary/aromatic N) is 1. The summed E-state index contributed by atoms with van der Waals surface area (Å²) >= 11 is 0. The van der Waals surface area contributed by atoms with Gasteiger partial charge in [0.05, 0.1) is 17.7 Å². The van der Waals surface area contributed by atoms with E-state index in [1.54, 1.807) is 0 Å². The zero-order valence-electron chi connectivity index (χ0n) is 14.2. The van der Waals surface area contributed by atoms with Gasteiger partial charge in [0.2, 0.25) is 0 Å². The molecule has 12 nitrogen and oxygen atoms in total. The van der Waals surface area contributed by atoms with Gasteiger partial charge in [0.15, 0.2) is 0 Å². The molecule has 0 spiro atoms. The summed E-state index contributed by atoms with van der Waals surface area (Å²) < 4.78 is 24.3. The van der Waals surface area contributed by atoms with Crippen LogP contribution in [0.25, 0.3) is 6.08 Å². The van der Waals surface area contributed by atoms with E-state index in [4.69, 9.17) is 5.11 Å². The molecule has 1 aromatic carbocycles. The van der Waals surface area contributed by atoms with E-state index in [1.807, 2.05) is 10.1 Å². The van der Waals surface area contributed by atoms with Gasteiger partial charge in [0.1, 0.15) is 24.0 Å². The van der Waals surface area contributed by atoms with Crippen LogP contribution in [-0.2, 0) is 14.8 Å². The van der Waals surface area contributed by atoms with Crippen molar-refractivity contribution in [1.29, 1.82) is 0 Å². The maximum absolute atomic E-state index is 12.1. The molecule has 1 heterocycles. The van der Waals surface area contributed by atoms with Gasteiger partial charge in [-0.3, -0.25) is 10.1 Å². The Kier molecular flexibility index (Phi) is 6.82. The Hall–Kier alpha value is -2.84. The predicted molar refractivity (Wildman–Crippen MR) is 95.0 cm³/mol. The van der Waals surface area contributed by atoms with Gasteiger partial charge in [-0.15, -0.1) is 0 Å². The van der Waals surface area contributed by atoms with Crippen LogP contribution in [0.1, 0.15) is 5.56 Å². The molecule has 1 saturated heterocycles. The Balaban J connectivity index is 2.04. The molecule has 0 aliphatic carbocycles. The van der Waals surface area contributed by atoms with Crippen molar-refractivity contribution in [1.82, 2.24) is 15.5 Å². The molecule has 1 aliphatic rings. The van der Waals surface area contributed by atoms with Crippen LogP contribution in [0.2, 0.25) is 0 Å². The smallest absolute Gasteiger partial charge is 0.326 e. The third kappa shape index (κ3) is 5.34. The highest BCUT2D eigenvalue weighted by molar-refractivity contribution is 7.89. The van der Waals surface area contributed by atoms with Crippen LogP contribution in [0.5, 0.6) is 0 Å². The fraction of sp³-hybridized carbons (Fsp3) is 0.267. The van der Waals surface area contributed by atoms with Crippen LogP contribution in [0.15, 0.2) is 40.0 Å². The second-order valence-electron chi connectivity index (χ2n) is 5.64. The van der Waals surface area contributed by atoms with Crippen molar-refractivity contribution in [3.8, 4) is 0 Å². The molecule has 1 fully saturated rings. The molecule has 2 rings (SSSR count). The Bertz CT molecular complexity index is 897. The average Bonchev–Trinajstić information content (AvgIpc) is 2.97. The van der Waals surface area contributed by atoms with Crippen LogP contribution in [0.3, 0.4) is 0 Å². The quantitative estimate of drug-likeness (QED) is 0.102. The number of nitrogens with one attached hydrogen (secondary N) is 3. The van der Waals surface area contributed by atoms with Gasteiger partial charge in [-0.2, -0.15) is 13.5 Å². The number of hydrogen-bond donors (Lipinski definition) is 7. The van der Waals surface area contributed by atoms with E-state index in [0.29, 0.717) is 11.8 Å². The van der Waals surface area contributed by atoms with E-state index < -0.39 is 46.9 Å². The van der Waals surface area contributed by atoms with Crippen LogP contribution >= 0.6 is 0 Å². The Morgan fingerprint density at radius 2 is 1.75 bits per heavy atom. The SMILES string of the molecule is O=C1NC(=O)/C(=C\c2ccc(S(=O)(=O)N/N=C/[C@H](O)[C@H](O)[C@H](O)CO)cc2)N1. The first-order chi connectivity index (χ1) is 13.1. The van der Waals surface area contributed by atoms with Crippen molar-refractivity contribution in [3.63, 3.8) is 0 Å². The van der Waals surface area contributed by atoms with E-state index in [1.165, 1.54) is 30.3 Å². The van der Waals surface area contributed by atoms with Crippen molar-refractivity contribution in [2.75, 3.05) is 6.61 Å². The fourth-order valence-corrected chi connectivity index (χ4v) is 2.84. The molecule has 152 valence electrons. The molecule has 0 bridgehead atoms. The van der Waals surface area contributed by atoms with Crippen molar-refractivity contribution < 1.29 is 38.4 Å². The molecule has 0 aromatic heterocycles. The van der Waals surface area contributed by atoms with E-state index in [9.17, 15) is 33.3 Å². The van der Waals surface area contributed by atoms with E-state index in [0.717, 1.165) is 0 Å². The van der Waals surface area contributed by atoms with Gasteiger partial charge >= 0.3 is 6.03 Å². The molecule has 7 N–H and O–H groups in total. The first kappa shape index (κ1) is 21.5. The fourth-order valence-electron chi connectivity index (χ4n) is 2.04. The van der Waals surface area contributed by atoms with Crippen LogP contribution in [-0.4, -0.2) is 71.9 Å². The molecule has 3 amide bonds. The lowest BCUT2D eigenvalue weighted by atomic mass is 10.1. The summed E-state index contributed by atoms with van der Waals surface area (Å²) in [5.41, 5.74) is 0.465. The molecule has 28 heavy (non-hydrogen) atoms. The standard InChI is InChI=1S/C15H18N4O8S/c20-7-12(22)13(23)11(21)6-16-19-28(26,27)9-3-1-8(2-4-9)5-10-14(24)18-15(25)17-10/h1-6,11-13,19-23H,7H2,(H2,17,18,24,25)/b10-5+,16-6+/t11-,12+,13-/m0/s1. The number of hydrazone groups is 1. The number of hydrogen-bond acceptors (Lipinski definition) is 9. The highest BCUT2D eigenvalue weighted by Crippen LogP contribution is 2.13. The predicted octanol–water partition coefficient (Wildman–Crippen LogP) is -2.79. The number of imide groups is 1. The lowest BCUT2D eigenvalue weighted by Crippen LogP contribution is -2.40. The second kappa shape index (κ2) is 8.90. The number of carbonyl (C=O) groups is 2.